The van der Waals surface area contributed by atoms with Gasteiger partial charge in [-0.1, -0.05) is 13.8 Å². The molecule has 0 saturated carbocycles. The second-order valence-corrected chi connectivity index (χ2v) is 5.62. The van der Waals surface area contributed by atoms with Crippen LogP contribution >= 0.6 is 0 Å². The molecule has 0 aromatic heterocycles. The molecular weight excluding hydrogens is 278 g/mol. The summed E-state index contributed by atoms with van der Waals surface area (Å²) < 4.78 is 0. The second kappa shape index (κ2) is 7.82. The van der Waals surface area contributed by atoms with Crippen LogP contribution in [0.15, 0.2) is 0 Å². The van der Waals surface area contributed by atoms with Crippen molar-refractivity contribution >= 4 is 18.0 Å². The van der Waals surface area contributed by atoms with Crippen molar-refractivity contribution in [2.75, 3.05) is 32.7 Å². The lowest BCUT2D eigenvalue weighted by Crippen LogP contribution is -2.55. The minimum Gasteiger partial charge on any atom is -0.481 e. The molecule has 2 amide bonds. The van der Waals surface area contributed by atoms with Crippen LogP contribution in [-0.2, 0) is 9.59 Å². The first-order chi connectivity index (χ1) is 9.79. The van der Waals surface area contributed by atoms with Gasteiger partial charge in [0.2, 0.25) is 0 Å². The van der Waals surface area contributed by atoms with E-state index in [0.717, 1.165) is 19.6 Å². The van der Waals surface area contributed by atoms with Gasteiger partial charge in [0.1, 0.15) is 6.04 Å². The van der Waals surface area contributed by atoms with Crippen LogP contribution in [-0.4, -0.2) is 76.7 Å². The predicted octanol–water partition coefficient (Wildman–Crippen LogP) is -0.102. The van der Waals surface area contributed by atoms with Gasteiger partial charge in [-0.25, -0.2) is 9.59 Å². The predicted molar refractivity (Wildman–Crippen MR) is 75.1 cm³/mol. The van der Waals surface area contributed by atoms with E-state index in [1.807, 2.05) is 0 Å². The number of carboxylic acid groups (broad SMARTS) is 2. The van der Waals surface area contributed by atoms with Crippen LogP contribution in [0.5, 0.6) is 0 Å². The lowest BCUT2D eigenvalue weighted by atomic mass is 10.2. The first-order valence-electron chi connectivity index (χ1n) is 7.02. The molecule has 0 radical (unpaired) electrons. The van der Waals surface area contributed by atoms with Crippen LogP contribution < -0.4 is 5.32 Å². The fourth-order valence-electron chi connectivity index (χ4n) is 2.26. The zero-order valence-corrected chi connectivity index (χ0v) is 12.4. The van der Waals surface area contributed by atoms with E-state index in [2.05, 4.69) is 24.1 Å². The number of amides is 2. The van der Waals surface area contributed by atoms with E-state index in [4.69, 9.17) is 10.2 Å². The number of hydrogen-bond acceptors (Lipinski definition) is 4. The maximum Gasteiger partial charge on any atom is 0.326 e. The minimum absolute atomic E-state index is 0.512. The minimum atomic E-state index is -1.40. The van der Waals surface area contributed by atoms with E-state index in [1.54, 1.807) is 0 Å². The molecular formula is C13H23N3O5. The molecule has 1 aliphatic rings. The Balaban J connectivity index is 2.45. The van der Waals surface area contributed by atoms with Gasteiger partial charge in [-0.2, -0.15) is 0 Å². The first kappa shape index (κ1) is 17.2. The van der Waals surface area contributed by atoms with Gasteiger partial charge in [0.05, 0.1) is 6.42 Å². The Labute approximate surface area is 123 Å². The lowest BCUT2D eigenvalue weighted by Gasteiger charge is -2.35. The van der Waals surface area contributed by atoms with Gasteiger partial charge in [-0.3, -0.25) is 9.69 Å². The number of nitrogens with zero attached hydrogens (tertiary/aromatic N) is 2. The number of rotatable bonds is 6. The average Bonchev–Trinajstić information content (AvgIpc) is 2.37. The van der Waals surface area contributed by atoms with Crippen LogP contribution in [0.2, 0.25) is 0 Å². The molecule has 1 saturated heterocycles. The van der Waals surface area contributed by atoms with Gasteiger partial charge in [0.25, 0.3) is 0 Å². The van der Waals surface area contributed by atoms with Crippen molar-refractivity contribution in [1.29, 1.82) is 0 Å². The maximum atomic E-state index is 12.0. The van der Waals surface area contributed by atoms with Crippen LogP contribution in [0, 0.1) is 5.92 Å². The molecule has 0 aromatic carbocycles. The van der Waals surface area contributed by atoms with Crippen LogP contribution in [0.4, 0.5) is 4.79 Å². The van der Waals surface area contributed by atoms with Gasteiger partial charge in [0, 0.05) is 32.7 Å². The molecule has 0 spiro atoms. The summed E-state index contributed by atoms with van der Waals surface area (Å²) in [4.78, 5) is 37.2. The van der Waals surface area contributed by atoms with Gasteiger partial charge in [-0.15, -0.1) is 0 Å². The third kappa shape index (κ3) is 5.99. The fraction of sp³-hybridized carbons (Fsp3) is 0.769. The molecule has 1 atom stereocenters. The number of hydrogen-bond donors (Lipinski definition) is 3. The van der Waals surface area contributed by atoms with E-state index in [1.165, 1.54) is 4.90 Å². The number of aliphatic carboxylic acids is 2. The molecule has 120 valence electrons. The van der Waals surface area contributed by atoms with Crippen molar-refractivity contribution in [1.82, 2.24) is 15.1 Å². The quantitative estimate of drug-likeness (QED) is 0.632. The number of carbonyl (C=O) groups is 3. The summed E-state index contributed by atoms with van der Waals surface area (Å²) in [6.45, 7) is 7.72. The maximum absolute atomic E-state index is 12.0. The lowest BCUT2D eigenvalue weighted by molar-refractivity contribution is -0.145. The van der Waals surface area contributed by atoms with Crippen molar-refractivity contribution in [3.8, 4) is 0 Å². The molecule has 8 nitrogen and oxygen atoms in total. The summed E-state index contributed by atoms with van der Waals surface area (Å²) in [5, 5.41) is 19.8. The molecule has 1 rings (SSSR count). The van der Waals surface area contributed by atoms with E-state index in [9.17, 15) is 14.4 Å². The van der Waals surface area contributed by atoms with Crippen LogP contribution in [0.1, 0.15) is 20.3 Å². The topological polar surface area (TPSA) is 110 Å². The Hall–Kier alpha value is -1.83. The summed E-state index contributed by atoms with van der Waals surface area (Å²) in [7, 11) is 0. The number of nitrogens with one attached hydrogen (secondary N) is 1. The number of carboxylic acids is 2. The zero-order chi connectivity index (χ0) is 16.0. The Bertz CT molecular complexity index is 391. The highest BCUT2D eigenvalue weighted by Crippen LogP contribution is 2.06. The fourth-order valence-corrected chi connectivity index (χ4v) is 2.26. The van der Waals surface area contributed by atoms with E-state index < -0.39 is 30.4 Å². The standard InChI is InChI=1S/C13H23N3O5/c1-9(2)8-15-3-5-16(6-4-15)13(21)14-10(12(19)20)7-11(17)18/h9-10H,3-8H2,1-2H3,(H,14,21)(H,17,18)(H,19,20)/t10-/m0/s1. The highest BCUT2D eigenvalue weighted by Gasteiger charge is 2.27. The molecule has 0 aliphatic carbocycles. The van der Waals surface area contributed by atoms with Crippen molar-refractivity contribution < 1.29 is 24.6 Å². The highest BCUT2D eigenvalue weighted by molar-refractivity contribution is 5.86. The van der Waals surface area contributed by atoms with Crippen molar-refractivity contribution in [3.05, 3.63) is 0 Å². The smallest absolute Gasteiger partial charge is 0.326 e. The molecule has 1 heterocycles. The summed E-state index contributed by atoms with van der Waals surface area (Å²) >= 11 is 0. The zero-order valence-electron chi connectivity index (χ0n) is 12.4. The van der Waals surface area contributed by atoms with Gasteiger partial charge in [0.15, 0.2) is 0 Å². The molecule has 3 N–H and O–H groups in total. The van der Waals surface area contributed by atoms with Crippen LogP contribution in [0.25, 0.3) is 0 Å². The molecule has 1 fully saturated rings. The molecule has 0 bridgehead atoms. The first-order valence-corrected chi connectivity index (χ1v) is 7.02. The monoisotopic (exact) mass is 301 g/mol. The average molecular weight is 301 g/mol. The van der Waals surface area contributed by atoms with Crippen molar-refractivity contribution in [2.45, 2.75) is 26.3 Å². The highest BCUT2D eigenvalue weighted by atomic mass is 16.4. The van der Waals surface area contributed by atoms with E-state index in [0.29, 0.717) is 19.0 Å². The Kier molecular flexibility index (Phi) is 6.41. The summed E-state index contributed by atoms with van der Waals surface area (Å²) in [5.41, 5.74) is 0. The molecule has 0 aromatic rings. The molecule has 8 heteroatoms. The van der Waals surface area contributed by atoms with E-state index in [-0.39, 0.29) is 0 Å². The molecule has 0 unspecified atom stereocenters. The van der Waals surface area contributed by atoms with E-state index >= 15 is 0 Å². The Morgan fingerprint density at radius 3 is 2.10 bits per heavy atom. The number of carbonyl (C=O) groups excluding carboxylic acids is 1. The van der Waals surface area contributed by atoms with Gasteiger partial charge < -0.3 is 20.4 Å². The number of piperazine rings is 1. The Morgan fingerprint density at radius 2 is 1.67 bits per heavy atom. The second-order valence-electron chi connectivity index (χ2n) is 5.62. The van der Waals surface area contributed by atoms with Crippen LogP contribution in [0.3, 0.4) is 0 Å². The molecule has 1 aliphatic heterocycles. The number of urea groups is 1. The summed E-state index contributed by atoms with van der Waals surface area (Å²) in [6, 6.07) is -1.92. The third-order valence-corrected chi connectivity index (χ3v) is 3.26. The summed E-state index contributed by atoms with van der Waals surface area (Å²) in [5.74, 6) is -2.05. The normalized spacial score (nSPS) is 17.6. The SMILES string of the molecule is CC(C)CN1CCN(C(=O)N[C@@H](CC(=O)O)C(=O)O)CC1. The van der Waals surface area contributed by atoms with Gasteiger partial charge >= 0.3 is 18.0 Å². The largest absolute Gasteiger partial charge is 0.481 e. The Morgan fingerprint density at radius 1 is 1.10 bits per heavy atom. The van der Waals surface area contributed by atoms with Gasteiger partial charge in [-0.05, 0) is 5.92 Å². The summed E-state index contributed by atoms with van der Waals surface area (Å²) in [6.07, 6.45) is -0.631. The van der Waals surface area contributed by atoms with Crippen molar-refractivity contribution in [2.24, 2.45) is 5.92 Å². The van der Waals surface area contributed by atoms with Crippen molar-refractivity contribution in [3.63, 3.8) is 0 Å². The third-order valence-electron chi connectivity index (χ3n) is 3.26. The molecule has 21 heavy (non-hydrogen) atoms.